The van der Waals surface area contributed by atoms with E-state index in [4.69, 9.17) is 4.42 Å². The summed E-state index contributed by atoms with van der Waals surface area (Å²) in [4.78, 5) is 26.7. The van der Waals surface area contributed by atoms with Crippen molar-refractivity contribution < 1.29 is 9.21 Å². The highest BCUT2D eigenvalue weighted by Gasteiger charge is 2.02. The van der Waals surface area contributed by atoms with Gasteiger partial charge in [0.1, 0.15) is 5.58 Å². The first-order chi connectivity index (χ1) is 10.7. The first-order valence-electron chi connectivity index (χ1n) is 6.50. The van der Waals surface area contributed by atoms with E-state index in [1.807, 2.05) is 0 Å². The van der Waals surface area contributed by atoms with E-state index in [-0.39, 0.29) is 5.91 Å². The monoisotopic (exact) mass is 293 g/mol. The van der Waals surface area contributed by atoms with Gasteiger partial charge in [-0.15, -0.1) is 0 Å². The van der Waals surface area contributed by atoms with E-state index in [9.17, 15) is 9.59 Å². The number of rotatable bonds is 3. The number of carbonyl (C=O) groups excluding carboxylic acids is 1. The molecule has 0 bridgehead atoms. The van der Waals surface area contributed by atoms with Crippen LogP contribution in [0.1, 0.15) is 15.9 Å². The van der Waals surface area contributed by atoms with Crippen LogP contribution in [0, 0.1) is 0 Å². The van der Waals surface area contributed by atoms with Crippen molar-refractivity contribution in [1.29, 1.82) is 0 Å². The number of hydrazone groups is 1. The molecule has 2 aromatic heterocycles. The maximum atomic E-state index is 11.8. The molecule has 6 nitrogen and oxygen atoms in total. The van der Waals surface area contributed by atoms with Gasteiger partial charge in [0.25, 0.3) is 5.91 Å². The van der Waals surface area contributed by atoms with Crippen LogP contribution in [0.2, 0.25) is 0 Å². The van der Waals surface area contributed by atoms with Crippen LogP contribution in [0.25, 0.3) is 11.0 Å². The topological polar surface area (TPSA) is 84.6 Å². The van der Waals surface area contributed by atoms with E-state index >= 15 is 0 Å². The summed E-state index contributed by atoms with van der Waals surface area (Å²) in [5.74, 6) is -0.314. The van der Waals surface area contributed by atoms with Crippen LogP contribution < -0.4 is 11.1 Å². The van der Waals surface area contributed by atoms with E-state index in [0.29, 0.717) is 11.1 Å². The summed E-state index contributed by atoms with van der Waals surface area (Å²) in [6, 6.07) is 11.5. The first-order valence-corrected chi connectivity index (χ1v) is 6.50. The van der Waals surface area contributed by atoms with Crippen molar-refractivity contribution in [1.82, 2.24) is 10.4 Å². The summed E-state index contributed by atoms with van der Waals surface area (Å²) >= 11 is 0. The smallest absolute Gasteiger partial charge is 0.336 e. The van der Waals surface area contributed by atoms with E-state index in [1.54, 1.807) is 36.4 Å². The Morgan fingerprint density at radius 2 is 1.95 bits per heavy atom. The van der Waals surface area contributed by atoms with E-state index in [0.717, 1.165) is 10.9 Å². The minimum absolute atomic E-state index is 0.314. The van der Waals surface area contributed by atoms with Crippen molar-refractivity contribution in [3.63, 3.8) is 0 Å². The number of amides is 1. The van der Waals surface area contributed by atoms with Crippen molar-refractivity contribution in [2.75, 3.05) is 0 Å². The highest BCUT2D eigenvalue weighted by molar-refractivity contribution is 5.95. The van der Waals surface area contributed by atoms with Gasteiger partial charge < -0.3 is 4.42 Å². The molecule has 1 aromatic carbocycles. The number of nitrogens with one attached hydrogen (secondary N) is 1. The fourth-order valence-electron chi connectivity index (χ4n) is 1.90. The van der Waals surface area contributed by atoms with Gasteiger partial charge in [-0.2, -0.15) is 5.10 Å². The molecule has 0 aliphatic carbocycles. The molecule has 0 aliphatic heterocycles. The maximum absolute atomic E-state index is 11.8. The number of hydrogen-bond donors (Lipinski definition) is 1. The molecule has 108 valence electrons. The second-order valence-corrected chi connectivity index (χ2v) is 4.49. The predicted octanol–water partition coefficient (Wildman–Crippen LogP) is 1.95. The molecule has 0 radical (unpaired) electrons. The molecule has 0 saturated carbocycles. The van der Waals surface area contributed by atoms with Crippen molar-refractivity contribution in [3.05, 3.63) is 76.4 Å². The third-order valence-electron chi connectivity index (χ3n) is 2.97. The molecule has 22 heavy (non-hydrogen) atoms. The van der Waals surface area contributed by atoms with Gasteiger partial charge >= 0.3 is 5.63 Å². The third kappa shape index (κ3) is 3.06. The lowest BCUT2D eigenvalue weighted by Gasteiger charge is -1.99. The largest absolute Gasteiger partial charge is 0.423 e. The van der Waals surface area contributed by atoms with Gasteiger partial charge in [0.2, 0.25) is 0 Å². The van der Waals surface area contributed by atoms with Gasteiger partial charge in [-0.3, -0.25) is 9.78 Å². The Bertz CT molecular complexity index is 901. The molecule has 1 N–H and O–H groups in total. The second kappa shape index (κ2) is 6.01. The number of fused-ring (bicyclic) bond motifs is 1. The van der Waals surface area contributed by atoms with Gasteiger partial charge in [0, 0.05) is 29.4 Å². The zero-order valence-electron chi connectivity index (χ0n) is 11.4. The van der Waals surface area contributed by atoms with Gasteiger partial charge in [-0.25, -0.2) is 10.2 Å². The molecule has 0 fully saturated rings. The molecule has 2 heterocycles. The lowest BCUT2D eigenvalue weighted by molar-refractivity contribution is 0.0955. The molecule has 3 rings (SSSR count). The lowest BCUT2D eigenvalue weighted by Crippen LogP contribution is -2.17. The molecule has 0 atom stereocenters. The first kappa shape index (κ1) is 13.7. The van der Waals surface area contributed by atoms with Crippen LogP contribution in [0.15, 0.2) is 69.2 Å². The van der Waals surface area contributed by atoms with Crippen LogP contribution in [-0.4, -0.2) is 17.1 Å². The number of carbonyl (C=O) groups is 1. The molecule has 0 unspecified atom stereocenters. The molecule has 1 amide bonds. The Morgan fingerprint density at radius 1 is 1.14 bits per heavy atom. The summed E-state index contributed by atoms with van der Waals surface area (Å²) in [6.45, 7) is 0. The minimum Gasteiger partial charge on any atom is -0.423 e. The standard InChI is InChI=1S/C16H11N3O3/c20-15-4-2-13-9-11(1-3-14(13)22-15)10-18-19-16(21)12-5-7-17-8-6-12/h1-10H,(H,19,21)/b18-10+. The highest BCUT2D eigenvalue weighted by atomic mass is 16.4. The highest BCUT2D eigenvalue weighted by Crippen LogP contribution is 2.12. The Morgan fingerprint density at radius 3 is 2.77 bits per heavy atom. The Labute approximate surface area is 125 Å². The van der Waals surface area contributed by atoms with Crippen LogP contribution in [0.5, 0.6) is 0 Å². The maximum Gasteiger partial charge on any atom is 0.336 e. The molecular weight excluding hydrogens is 282 g/mol. The van der Waals surface area contributed by atoms with E-state index in [1.165, 1.54) is 24.7 Å². The zero-order chi connectivity index (χ0) is 15.4. The average Bonchev–Trinajstić information content (AvgIpc) is 2.55. The molecular formula is C16H11N3O3. The van der Waals surface area contributed by atoms with E-state index < -0.39 is 5.63 Å². The number of aromatic nitrogens is 1. The number of hydrogen-bond acceptors (Lipinski definition) is 5. The van der Waals surface area contributed by atoms with Crippen molar-refractivity contribution in [2.24, 2.45) is 5.10 Å². The Balaban J connectivity index is 1.74. The quantitative estimate of drug-likeness (QED) is 0.454. The van der Waals surface area contributed by atoms with Gasteiger partial charge in [-0.05, 0) is 42.0 Å². The SMILES string of the molecule is O=C(N/N=C/c1ccc2oc(=O)ccc2c1)c1ccncc1. The number of pyridine rings is 1. The summed E-state index contributed by atoms with van der Waals surface area (Å²) in [6.07, 6.45) is 4.59. The second-order valence-electron chi connectivity index (χ2n) is 4.49. The third-order valence-corrected chi connectivity index (χ3v) is 2.97. The predicted molar refractivity (Wildman–Crippen MR) is 81.8 cm³/mol. The molecule has 3 aromatic rings. The summed E-state index contributed by atoms with van der Waals surface area (Å²) in [5.41, 5.74) is 3.80. The number of nitrogens with zero attached hydrogens (tertiary/aromatic N) is 2. The molecule has 0 aliphatic rings. The fourth-order valence-corrected chi connectivity index (χ4v) is 1.90. The van der Waals surface area contributed by atoms with Crippen molar-refractivity contribution in [2.45, 2.75) is 0 Å². The number of benzene rings is 1. The summed E-state index contributed by atoms with van der Waals surface area (Å²) < 4.78 is 5.04. The van der Waals surface area contributed by atoms with Gasteiger partial charge in [0.15, 0.2) is 0 Å². The Kier molecular flexibility index (Phi) is 3.74. The molecule has 0 saturated heterocycles. The fraction of sp³-hybridized carbons (Fsp3) is 0. The minimum atomic E-state index is -0.390. The molecule has 0 spiro atoms. The zero-order valence-corrected chi connectivity index (χ0v) is 11.4. The average molecular weight is 293 g/mol. The molecule has 6 heteroatoms. The van der Waals surface area contributed by atoms with Gasteiger partial charge in [-0.1, -0.05) is 0 Å². The summed E-state index contributed by atoms with van der Waals surface area (Å²) in [7, 11) is 0. The van der Waals surface area contributed by atoms with Crippen LogP contribution in [-0.2, 0) is 0 Å². The van der Waals surface area contributed by atoms with Crippen molar-refractivity contribution >= 4 is 23.1 Å². The van der Waals surface area contributed by atoms with Crippen LogP contribution >= 0.6 is 0 Å². The van der Waals surface area contributed by atoms with E-state index in [2.05, 4.69) is 15.5 Å². The summed E-state index contributed by atoms with van der Waals surface area (Å²) in [5, 5.41) is 4.69. The van der Waals surface area contributed by atoms with Crippen LogP contribution in [0.4, 0.5) is 0 Å². The lowest BCUT2D eigenvalue weighted by atomic mass is 10.1. The normalized spacial score (nSPS) is 10.9. The van der Waals surface area contributed by atoms with Gasteiger partial charge in [0.05, 0.1) is 6.21 Å². The van der Waals surface area contributed by atoms with Crippen molar-refractivity contribution in [3.8, 4) is 0 Å². The Hall–Kier alpha value is -3.28. The van der Waals surface area contributed by atoms with Crippen LogP contribution in [0.3, 0.4) is 0 Å².